The first-order chi connectivity index (χ1) is 15.2. The first kappa shape index (κ1) is 23.7. The van der Waals surface area contributed by atoms with Crippen LogP contribution in [-0.4, -0.2) is 28.5 Å². The summed E-state index contributed by atoms with van der Waals surface area (Å²) in [7, 11) is -1.14. The predicted molar refractivity (Wildman–Crippen MR) is 126 cm³/mol. The lowest BCUT2D eigenvalue weighted by atomic mass is 10.1. The lowest BCUT2D eigenvalue weighted by Gasteiger charge is -2.14. The molecular formula is C22H20Cl2N2O5S. The summed E-state index contributed by atoms with van der Waals surface area (Å²) in [5.41, 5.74) is 1.10. The molecule has 32 heavy (non-hydrogen) atoms. The highest BCUT2D eigenvalue weighted by molar-refractivity contribution is 7.92. The molecule has 0 saturated heterocycles. The summed E-state index contributed by atoms with van der Waals surface area (Å²) in [4.78, 5) is 12.4. The molecule has 3 aromatic rings. The van der Waals surface area contributed by atoms with Crippen molar-refractivity contribution < 1.29 is 22.7 Å². The summed E-state index contributed by atoms with van der Waals surface area (Å²) in [5, 5.41) is 3.41. The number of carbonyl (C=O) groups is 1. The maximum absolute atomic E-state index is 13.0. The molecule has 3 rings (SSSR count). The Morgan fingerprint density at radius 1 is 0.906 bits per heavy atom. The van der Waals surface area contributed by atoms with Gasteiger partial charge in [0.1, 0.15) is 16.4 Å². The Morgan fingerprint density at radius 3 is 2.12 bits per heavy atom. The fraction of sp³-hybridized carbons (Fsp3) is 0.136. The van der Waals surface area contributed by atoms with Crippen LogP contribution in [0.2, 0.25) is 10.0 Å². The molecule has 7 nitrogen and oxygen atoms in total. The summed E-state index contributed by atoms with van der Waals surface area (Å²) in [5.74, 6) is 0.309. The SMILES string of the molecule is COc1ccc(NS(=O)(=O)c2cc(NC(=O)Cc3c(Cl)cccc3Cl)ccc2OC)cc1. The first-order valence-electron chi connectivity index (χ1n) is 9.31. The van der Waals surface area contributed by atoms with Crippen molar-refractivity contribution in [1.29, 1.82) is 0 Å². The van der Waals surface area contributed by atoms with Gasteiger partial charge in [0.25, 0.3) is 10.0 Å². The predicted octanol–water partition coefficient (Wildman–Crippen LogP) is 4.99. The molecule has 0 bridgehead atoms. The molecule has 0 atom stereocenters. The van der Waals surface area contributed by atoms with Crippen molar-refractivity contribution in [1.82, 2.24) is 0 Å². The number of halogens is 2. The molecule has 0 aliphatic carbocycles. The zero-order valence-electron chi connectivity index (χ0n) is 17.2. The van der Waals surface area contributed by atoms with Gasteiger partial charge >= 0.3 is 0 Å². The van der Waals surface area contributed by atoms with Gasteiger partial charge in [0.2, 0.25) is 5.91 Å². The fourth-order valence-electron chi connectivity index (χ4n) is 2.90. The minimum absolute atomic E-state index is 0.0727. The third kappa shape index (κ3) is 5.64. The molecule has 0 aliphatic rings. The summed E-state index contributed by atoms with van der Waals surface area (Å²) < 4.78 is 38.7. The van der Waals surface area contributed by atoms with Crippen molar-refractivity contribution in [3.8, 4) is 11.5 Å². The Hall–Kier alpha value is -2.94. The average Bonchev–Trinajstić information content (AvgIpc) is 2.76. The second-order valence-corrected chi connectivity index (χ2v) is 9.09. The van der Waals surface area contributed by atoms with Crippen LogP contribution in [0.15, 0.2) is 65.6 Å². The van der Waals surface area contributed by atoms with Gasteiger partial charge in [-0.15, -0.1) is 0 Å². The highest BCUT2D eigenvalue weighted by atomic mass is 35.5. The van der Waals surface area contributed by atoms with E-state index in [4.69, 9.17) is 32.7 Å². The second-order valence-electron chi connectivity index (χ2n) is 6.62. The van der Waals surface area contributed by atoms with Crippen molar-refractivity contribution in [2.75, 3.05) is 24.3 Å². The minimum Gasteiger partial charge on any atom is -0.497 e. The minimum atomic E-state index is -4.02. The Labute approximate surface area is 196 Å². The number of carbonyl (C=O) groups excluding carboxylic acids is 1. The maximum Gasteiger partial charge on any atom is 0.265 e. The van der Waals surface area contributed by atoms with Gasteiger partial charge in [0, 0.05) is 21.4 Å². The van der Waals surface area contributed by atoms with E-state index < -0.39 is 15.9 Å². The Bertz CT molecular complexity index is 1210. The van der Waals surface area contributed by atoms with E-state index in [1.54, 1.807) is 42.5 Å². The summed E-state index contributed by atoms with van der Waals surface area (Å²) in [6.07, 6.45) is -0.0727. The van der Waals surface area contributed by atoms with E-state index >= 15 is 0 Å². The number of rotatable bonds is 8. The van der Waals surface area contributed by atoms with Crippen LogP contribution in [0.3, 0.4) is 0 Å². The number of amides is 1. The van der Waals surface area contributed by atoms with Crippen LogP contribution in [0.4, 0.5) is 11.4 Å². The van der Waals surface area contributed by atoms with Crippen LogP contribution in [0, 0.1) is 0 Å². The van der Waals surface area contributed by atoms with Crippen LogP contribution < -0.4 is 19.5 Å². The Balaban J connectivity index is 1.83. The van der Waals surface area contributed by atoms with Gasteiger partial charge in [0.15, 0.2) is 0 Å². The van der Waals surface area contributed by atoms with Crippen molar-refractivity contribution >= 4 is 50.5 Å². The summed E-state index contributed by atoms with van der Waals surface area (Å²) in [6, 6.07) is 15.7. The molecule has 1 amide bonds. The van der Waals surface area contributed by atoms with Gasteiger partial charge in [-0.2, -0.15) is 0 Å². The van der Waals surface area contributed by atoms with Crippen molar-refractivity contribution in [3.05, 3.63) is 76.3 Å². The van der Waals surface area contributed by atoms with Crippen LogP contribution in [0.1, 0.15) is 5.56 Å². The van der Waals surface area contributed by atoms with Crippen LogP contribution >= 0.6 is 23.2 Å². The number of nitrogens with one attached hydrogen (secondary N) is 2. The van der Waals surface area contributed by atoms with Crippen molar-refractivity contribution in [2.24, 2.45) is 0 Å². The molecule has 2 N–H and O–H groups in total. The zero-order valence-corrected chi connectivity index (χ0v) is 19.5. The number of hydrogen-bond donors (Lipinski definition) is 2. The number of ether oxygens (including phenoxy) is 2. The van der Waals surface area contributed by atoms with E-state index in [9.17, 15) is 13.2 Å². The molecule has 0 saturated carbocycles. The standard InChI is InChI=1S/C22H20Cl2N2O5S/c1-30-16-9-6-14(7-10-16)26-32(28,29)21-12-15(8-11-20(21)31-2)25-22(27)13-17-18(23)4-3-5-19(17)24/h3-12,26H,13H2,1-2H3,(H,25,27). The summed E-state index contributed by atoms with van der Waals surface area (Å²) in [6.45, 7) is 0. The van der Waals surface area contributed by atoms with Gasteiger partial charge in [-0.05, 0) is 60.2 Å². The number of hydrogen-bond acceptors (Lipinski definition) is 5. The van der Waals surface area contributed by atoms with E-state index in [0.717, 1.165) is 0 Å². The van der Waals surface area contributed by atoms with Gasteiger partial charge in [-0.25, -0.2) is 8.42 Å². The van der Waals surface area contributed by atoms with E-state index in [0.29, 0.717) is 27.0 Å². The third-order valence-corrected chi connectivity index (χ3v) is 6.59. The lowest BCUT2D eigenvalue weighted by Crippen LogP contribution is -2.17. The number of methoxy groups -OCH3 is 2. The third-order valence-electron chi connectivity index (χ3n) is 4.48. The molecular weight excluding hydrogens is 475 g/mol. The van der Waals surface area contributed by atoms with E-state index in [-0.39, 0.29) is 22.8 Å². The van der Waals surface area contributed by atoms with Crippen LogP contribution in [0.5, 0.6) is 11.5 Å². The van der Waals surface area contributed by atoms with Crippen molar-refractivity contribution in [3.63, 3.8) is 0 Å². The number of sulfonamides is 1. The van der Waals surface area contributed by atoms with Crippen molar-refractivity contribution in [2.45, 2.75) is 11.3 Å². The molecule has 0 unspecified atom stereocenters. The van der Waals surface area contributed by atoms with Crippen LogP contribution in [-0.2, 0) is 21.2 Å². The number of anilines is 2. The average molecular weight is 495 g/mol. The molecule has 168 valence electrons. The summed E-state index contributed by atoms with van der Waals surface area (Å²) >= 11 is 12.2. The molecule has 0 fully saturated rings. The van der Waals surface area contributed by atoms with Gasteiger partial charge in [-0.1, -0.05) is 29.3 Å². The highest BCUT2D eigenvalue weighted by Crippen LogP contribution is 2.30. The quantitative estimate of drug-likeness (QED) is 0.459. The number of benzene rings is 3. The molecule has 0 radical (unpaired) electrons. The van der Waals surface area contributed by atoms with E-state index in [1.165, 1.54) is 32.4 Å². The van der Waals surface area contributed by atoms with E-state index in [1.807, 2.05) is 0 Å². The zero-order chi connectivity index (χ0) is 23.3. The molecule has 0 aromatic heterocycles. The van der Waals surface area contributed by atoms with Gasteiger partial charge in [0.05, 0.1) is 20.6 Å². The van der Waals surface area contributed by atoms with Gasteiger partial charge in [-0.3, -0.25) is 9.52 Å². The second kappa shape index (κ2) is 10.1. The Kier molecular flexibility index (Phi) is 7.50. The largest absolute Gasteiger partial charge is 0.497 e. The first-order valence-corrected chi connectivity index (χ1v) is 11.5. The monoisotopic (exact) mass is 494 g/mol. The molecule has 0 aliphatic heterocycles. The molecule has 3 aromatic carbocycles. The Morgan fingerprint density at radius 2 is 1.53 bits per heavy atom. The maximum atomic E-state index is 13.0. The van der Waals surface area contributed by atoms with Gasteiger partial charge < -0.3 is 14.8 Å². The normalized spacial score (nSPS) is 11.0. The molecule has 0 spiro atoms. The van der Waals surface area contributed by atoms with E-state index in [2.05, 4.69) is 10.0 Å². The van der Waals surface area contributed by atoms with Crippen LogP contribution in [0.25, 0.3) is 0 Å². The topological polar surface area (TPSA) is 93.7 Å². The molecule has 0 heterocycles. The highest BCUT2D eigenvalue weighted by Gasteiger charge is 2.21. The lowest BCUT2D eigenvalue weighted by molar-refractivity contribution is -0.115. The smallest absolute Gasteiger partial charge is 0.265 e. The fourth-order valence-corrected chi connectivity index (χ4v) is 4.69. The molecule has 10 heteroatoms.